The van der Waals surface area contributed by atoms with Gasteiger partial charge in [0.25, 0.3) is 0 Å². The average molecular weight is 360 g/mol. The van der Waals surface area contributed by atoms with Gasteiger partial charge in [0.05, 0.1) is 30.3 Å². The van der Waals surface area contributed by atoms with Crippen LogP contribution in [0.15, 0.2) is 0 Å². The van der Waals surface area contributed by atoms with Gasteiger partial charge in [-0.3, -0.25) is 0 Å². The summed E-state index contributed by atoms with van der Waals surface area (Å²) in [4.78, 5) is 0. The summed E-state index contributed by atoms with van der Waals surface area (Å²) in [5.74, 6) is 2.50. The fourth-order valence-electron chi connectivity index (χ4n) is 8.15. The molecule has 4 saturated carbocycles. The SMILES string of the molecule is CC(C)OC1CCC2CCC3C4CCC(C#N)C4(C)CC(O)C3C2(C)C1. The minimum Gasteiger partial charge on any atom is -0.393 e. The quantitative estimate of drug-likeness (QED) is 0.760. The standard InChI is InChI=1S/C23H37NO2/c1-14(2)26-17-8-5-15-6-9-18-19-10-7-16(13-24)22(19,3)12-20(25)21(18)23(15,4)11-17/h14-21,25H,5-12H2,1-4H3. The summed E-state index contributed by atoms with van der Waals surface area (Å²) in [7, 11) is 0. The lowest BCUT2D eigenvalue weighted by Crippen LogP contribution is -2.59. The van der Waals surface area contributed by atoms with Crippen LogP contribution in [0.2, 0.25) is 0 Å². The van der Waals surface area contributed by atoms with Crippen LogP contribution in [0.25, 0.3) is 0 Å². The zero-order valence-corrected chi connectivity index (χ0v) is 17.1. The maximum atomic E-state index is 11.4. The van der Waals surface area contributed by atoms with Crippen molar-refractivity contribution in [2.75, 3.05) is 0 Å². The molecule has 0 heterocycles. The number of ether oxygens (including phenoxy) is 1. The van der Waals surface area contributed by atoms with E-state index in [0.717, 1.165) is 25.2 Å². The van der Waals surface area contributed by atoms with Crippen LogP contribution >= 0.6 is 0 Å². The molecule has 3 heteroatoms. The second kappa shape index (κ2) is 6.49. The van der Waals surface area contributed by atoms with Crippen LogP contribution in [0.3, 0.4) is 0 Å². The third-order valence-corrected chi connectivity index (χ3v) is 9.12. The highest BCUT2D eigenvalue weighted by Crippen LogP contribution is 2.67. The number of hydrogen-bond acceptors (Lipinski definition) is 3. The number of fused-ring (bicyclic) bond motifs is 5. The summed E-state index contributed by atoms with van der Waals surface area (Å²) >= 11 is 0. The molecule has 0 aromatic carbocycles. The van der Waals surface area contributed by atoms with Gasteiger partial charge >= 0.3 is 0 Å². The van der Waals surface area contributed by atoms with Gasteiger partial charge in [-0.15, -0.1) is 0 Å². The second-order valence-electron chi connectivity index (χ2n) is 10.7. The minimum absolute atomic E-state index is 0.0288. The number of rotatable bonds is 2. The molecule has 0 aromatic heterocycles. The molecule has 1 N–H and O–H groups in total. The van der Waals surface area contributed by atoms with E-state index in [2.05, 4.69) is 33.8 Å². The number of nitriles is 1. The third kappa shape index (κ3) is 2.67. The van der Waals surface area contributed by atoms with E-state index >= 15 is 0 Å². The van der Waals surface area contributed by atoms with Gasteiger partial charge in [-0.2, -0.15) is 5.26 Å². The molecule has 9 unspecified atom stereocenters. The maximum absolute atomic E-state index is 11.4. The maximum Gasteiger partial charge on any atom is 0.0661 e. The summed E-state index contributed by atoms with van der Waals surface area (Å²) in [5.41, 5.74) is 0.229. The normalized spacial score (nSPS) is 53.5. The first kappa shape index (κ1) is 18.8. The molecule has 0 radical (unpaired) electrons. The van der Waals surface area contributed by atoms with Crippen LogP contribution in [-0.4, -0.2) is 23.4 Å². The van der Waals surface area contributed by atoms with Gasteiger partial charge in [-0.1, -0.05) is 13.8 Å². The van der Waals surface area contributed by atoms with Gasteiger partial charge < -0.3 is 9.84 Å². The van der Waals surface area contributed by atoms with Crippen molar-refractivity contribution in [2.45, 2.75) is 97.4 Å². The summed E-state index contributed by atoms with van der Waals surface area (Å²) in [6.45, 7) is 9.05. The molecule has 26 heavy (non-hydrogen) atoms. The number of aliphatic hydroxyl groups excluding tert-OH is 1. The lowest BCUT2D eigenvalue weighted by atomic mass is 9.44. The van der Waals surface area contributed by atoms with Crippen molar-refractivity contribution >= 4 is 0 Å². The smallest absolute Gasteiger partial charge is 0.0661 e. The molecule has 0 aromatic rings. The number of aliphatic hydroxyl groups is 1. The lowest BCUT2D eigenvalue weighted by Gasteiger charge is -2.62. The Balaban J connectivity index is 1.63. The van der Waals surface area contributed by atoms with Crippen molar-refractivity contribution < 1.29 is 9.84 Å². The first-order valence-electron chi connectivity index (χ1n) is 11.0. The summed E-state index contributed by atoms with van der Waals surface area (Å²) < 4.78 is 6.24. The Labute approximate surface area is 159 Å². The van der Waals surface area contributed by atoms with Crippen molar-refractivity contribution in [3.05, 3.63) is 0 Å². The van der Waals surface area contributed by atoms with E-state index in [1.165, 1.54) is 32.1 Å². The molecule has 4 fully saturated rings. The molecule has 9 atom stereocenters. The van der Waals surface area contributed by atoms with E-state index in [1.807, 2.05) is 0 Å². The Bertz CT molecular complexity index is 583. The Morgan fingerprint density at radius 1 is 1.00 bits per heavy atom. The van der Waals surface area contributed by atoms with Gasteiger partial charge in [-0.25, -0.2) is 0 Å². The fourth-order valence-corrected chi connectivity index (χ4v) is 8.15. The molecular formula is C23H37NO2. The van der Waals surface area contributed by atoms with E-state index in [4.69, 9.17) is 4.74 Å². The van der Waals surface area contributed by atoms with Crippen molar-refractivity contribution in [3.63, 3.8) is 0 Å². The van der Waals surface area contributed by atoms with Gasteiger partial charge in [-0.05, 0) is 99.7 Å². The van der Waals surface area contributed by atoms with E-state index in [1.54, 1.807) is 0 Å². The zero-order valence-electron chi connectivity index (χ0n) is 17.1. The summed E-state index contributed by atoms with van der Waals surface area (Å²) in [5, 5.41) is 21.0. The molecule has 0 bridgehead atoms. The van der Waals surface area contributed by atoms with Crippen molar-refractivity contribution in [1.82, 2.24) is 0 Å². The molecule has 4 aliphatic rings. The molecule has 4 aliphatic carbocycles. The van der Waals surface area contributed by atoms with E-state index in [9.17, 15) is 10.4 Å². The summed E-state index contributed by atoms with van der Waals surface area (Å²) in [6.07, 6.45) is 9.56. The molecule has 0 aliphatic heterocycles. The molecular weight excluding hydrogens is 322 g/mol. The van der Waals surface area contributed by atoms with E-state index in [-0.39, 0.29) is 29.0 Å². The second-order valence-corrected chi connectivity index (χ2v) is 10.7. The van der Waals surface area contributed by atoms with Crippen molar-refractivity contribution in [3.8, 4) is 6.07 Å². The van der Waals surface area contributed by atoms with Gasteiger partial charge in [0, 0.05) is 0 Å². The predicted octanol–water partition coefficient (Wildman–Crippen LogP) is 4.93. The molecule has 0 amide bonds. The Morgan fingerprint density at radius 3 is 2.42 bits per heavy atom. The number of hydrogen-bond donors (Lipinski definition) is 1. The number of nitrogens with zero attached hydrogens (tertiary/aromatic N) is 1. The van der Waals surface area contributed by atoms with Crippen LogP contribution in [-0.2, 0) is 4.74 Å². The average Bonchev–Trinajstić information content (AvgIpc) is 2.88. The highest BCUT2D eigenvalue weighted by molar-refractivity contribution is 5.14. The molecule has 146 valence electrons. The molecule has 4 rings (SSSR count). The Kier molecular flexibility index (Phi) is 4.68. The van der Waals surface area contributed by atoms with Crippen molar-refractivity contribution in [2.24, 2.45) is 40.4 Å². The molecule has 3 nitrogen and oxygen atoms in total. The lowest BCUT2D eigenvalue weighted by molar-refractivity contribution is -0.185. The van der Waals surface area contributed by atoms with Crippen LogP contribution in [0.1, 0.15) is 79.1 Å². The minimum atomic E-state index is -0.249. The van der Waals surface area contributed by atoms with Crippen molar-refractivity contribution in [1.29, 1.82) is 5.26 Å². The van der Waals surface area contributed by atoms with E-state index in [0.29, 0.717) is 23.9 Å². The fraction of sp³-hybridized carbons (Fsp3) is 0.957. The predicted molar refractivity (Wildman–Crippen MR) is 102 cm³/mol. The zero-order chi connectivity index (χ0) is 18.7. The highest BCUT2D eigenvalue weighted by Gasteiger charge is 2.63. The van der Waals surface area contributed by atoms with Gasteiger partial charge in [0.2, 0.25) is 0 Å². The van der Waals surface area contributed by atoms with Gasteiger partial charge in [0.1, 0.15) is 0 Å². The highest BCUT2D eigenvalue weighted by atomic mass is 16.5. The first-order valence-corrected chi connectivity index (χ1v) is 11.0. The third-order valence-electron chi connectivity index (χ3n) is 9.12. The Morgan fingerprint density at radius 2 is 1.73 bits per heavy atom. The van der Waals surface area contributed by atoms with Crippen LogP contribution < -0.4 is 0 Å². The topological polar surface area (TPSA) is 53.2 Å². The first-order chi connectivity index (χ1) is 12.3. The Hall–Kier alpha value is -0.590. The van der Waals surface area contributed by atoms with E-state index < -0.39 is 0 Å². The van der Waals surface area contributed by atoms with Crippen LogP contribution in [0.4, 0.5) is 0 Å². The van der Waals surface area contributed by atoms with Gasteiger partial charge in [0.15, 0.2) is 0 Å². The molecule has 0 spiro atoms. The monoisotopic (exact) mass is 359 g/mol. The summed E-state index contributed by atoms with van der Waals surface area (Å²) in [6, 6.07) is 2.58. The van der Waals surface area contributed by atoms with Crippen LogP contribution in [0.5, 0.6) is 0 Å². The van der Waals surface area contributed by atoms with Crippen LogP contribution in [0, 0.1) is 51.8 Å². The largest absolute Gasteiger partial charge is 0.393 e. The molecule has 0 saturated heterocycles.